The van der Waals surface area contributed by atoms with Crippen molar-refractivity contribution in [1.29, 1.82) is 5.26 Å². The van der Waals surface area contributed by atoms with Gasteiger partial charge >= 0.3 is 6.36 Å². The molecular formula is C12H11F3N2OS. The van der Waals surface area contributed by atoms with Crippen LogP contribution in [0.15, 0.2) is 17.2 Å². The number of rotatable bonds is 3. The van der Waals surface area contributed by atoms with Gasteiger partial charge in [-0.3, -0.25) is 0 Å². The first-order valence-corrected chi connectivity index (χ1v) is 6.68. The molecular weight excluding hydrogens is 277 g/mol. The fraction of sp³-hybridized carbons (Fsp3) is 0.500. The fourth-order valence-electron chi connectivity index (χ4n) is 1.98. The van der Waals surface area contributed by atoms with E-state index in [0.717, 1.165) is 31.9 Å². The van der Waals surface area contributed by atoms with Crippen LogP contribution in [-0.2, 0) is 0 Å². The third-order valence-electron chi connectivity index (χ3n) is 2.76. The molecule has 0 aromatic carbocycles. The maximum atomic E-state index is 12.1. The van der Waals surface area contributed by atoms with Crippen molar-refractivity contribution in [3.8, 4) is 11.8 Å². The molecule has 0 saturated heterocycles. The fourth-order valence-corrected chi connectivity index (χ4v) is 3.30. The number of nitriles is 1. The van der Waals surface area contributed by atoms with Gasteiger partial charge in [0.1, 0.15) is 11.8 Å². The standard InChI is InChI=1S/C12H11F3N2OS/c13-12(14,15)18-8-5-11(10(6-16)17-7-8)19-9-3-1-2-4-9/h5,7,9H,1-4H2. The van der Waals surface area contributed by atoms with Gasteiger partial charge in [-0.25, -0.2) is 4.98 Å². The minimum atomic E-state index is -4.74. The Hall–Kier alpha value is -1.42. The molecule has 1 aromatic heterocycles. The highest BCUT2D eigenvalue weighted by atomic mass is 32.2. The van der Waals surface area contributed by atoms with Crippen LogP contribution in [0.1, 0.15) is 31.4 Å². The molecule has 3 nitrogen and oxygen atoms in total. The van der Waals surface area contributed by atoms with E-state index in [4.69, 9.17) is 5.26 Å². The number of alkyl halides is 3. The number of hydrogen-bond donors (Lipinski definition) is 0. The summed E-state index contributed by atoms with van der Waals surface area (Å²) in [6, 6.07) is 3.13. The summed E-state index contributed by atoms with van der Waals surface area (Å²) >= 11 is 1.41. The molecule has 0 unspecified atom stereocenters. The quantitative estimate of drug-likeness (QED) is 0.846. The molecule has 2 rings (SSSR count). The topological polar surface area (TPSA) is 45.9 Å². The van der Waals surface area contributed by atoms with E-state index in [1.54, 1.807) is 0 Å². The van der Waals surface area contributed by atoms with Crippen LogP contribution in [0.5, 0.6) is 5.75 Å². The lowest BCUT2D eigenvalue weighted by Gasteiger charge is -2.12. The van der Waals surface area contributed by atoms with Crippen LogP contribution in [-0.4, -0.2) is 16.6 Å². The molecule has 1 fully saturated rings. The number of halogens is 3. The molecule has 1 aliphatic rings. The minimum absolute atomic E-state index is 0.145. The highest BCUT2D eigenvalue weighted by Gasteiger charge is 2.31. The van der Waals surface area contributed by atoms with Crippen LogP contribution in [0.4, 0.5) is 13.2 Å². The Bertz CT molecular complexity index is 493. The average Bonchev–Trinajstić information content (AvgIpc) is 2.80. The monoisotopic (exact) mass is 288 g/mol. The van der Waals surface area contributed by atoms with E-state index in [1.165, 1.54) is 17.8 Å². The summed E-state index contributed by atoms with van der Waals surface area (Å²) < 4.78 is 40.2. The third-order valence-corrected chi connectivity index (χ3v) is 4.13. The first-order chi connectivity index (χ1) is 8.98. The second-order valence-corrected chi connectivity index (χ2v) is 5.54. The molecule has 1 heterocycles. The highest BCUT2D eigenvalue weighted by Crippen LogP contribution is 2.37. The first kappa shape index (κ1) is 14.0. The third kappa shape index (κ3) is 4.03. The Morgan fingerprint density at radius 2 is 2.05 bits per heavy atom. The van der Waals surface area contributed by atoms with Crippen LogP contribution in [0.3, 0.4) is 0 Å². The summed E-state index contributed by atoms with van der Waals surface area (Å²) in [5, 5.41) is 9.27. The number of thioether (sulfide) groups is 1. The Morgan fingerprint density at radius 1 is 1.37 bits per heavy atom. The lowest BCUT2D eigenvalue weighted by Crippen LogP contribution is -2.17. The molecule has 0 radical (unpaired) electrons. The predicted octanol–water partition coefficient (Wildman–Crippen LogP) is 3.89. The second kappa shape index (κ2) is 5.70. The maximum Gasteiger partial charge on any atom is 0.573 e. The van der Waals surface area contributed by atoms with Crippen molar-refractivity contribution < 1.29 is 17.9 Å². The summed E-state index contributed by atoms with van der Waals surface area (Å²) in [4.78, 5) is 4.17. The highest BCUT2D eigenvalue weighted by molar-refractivity contribution is 8.00. The van der Waals surface area contributed by atoms with Crippen LogP contribution in [0.25, 0.3) is 0 Å². The number of ether oxygens (including phenoxy) is 1. The van der Waals surface area contributed by atoms with E-state index in [1.807, 2.05) is 6.07 Å². The van der Waals surface area contributed by atoms with Gasteiger partial charge in [0.25, 0.3) is 0 Å². The van der Waals surface area contributed by atoms with E-state index >= 15 is 0 Å². The van der Waals surface area contributed by atoms with Gasteiger partial charge in [0.15, 0.2) is 5.69 Å². The molecule has 0 spiro atoms. The van der Waals surface area contributed by atoms with Crippen molar-refractivity contribution in [2.45, 2.75) is 42.2 Å². The van der Waals surface area contributed by atoms with Crippen molar-refractivity contribution in [1.82, 2.24) is 4.98 Å². The number of pyridine rings is 1. The van der Waals surface area contributed by atoms with Crippen molar-refractivity contribution in [3.63, 3.8) is 0 Å². The summed E-state index contributed by atoms with van der Waals surface area (Å²) in [7, 11) is 0. The van der Waals surface area contributed by atoms with Crippen molar-refractivity contribution in [3.05, 3.63) is 18.0 Å². The molecule has 0 bridgehead atoms. The zero-order chi connectivity index (χ0) is 13.9. The Morgan fingerprint density at radius 3 is 2.63 bits per heavy atom. The van der Waals surface area contributed by atoms with Crippen molar-refractivity contribution in [2.24, 2.45) is 0 Å². The minimum Gasteiger partial charge on any atom is -0.404 e. The summed E-state index contributed by atoms with van der Waals surface area (Å²) in [6.07, 6.45) is 0.438. The van der Waals surface area contributed by atoms with E-state index in [-0.39, 0.29) is 11.4 Å². The van der Waals surface area contributed by atoms with Gasteiger partial charge in [-0.1, -0.05) is 12.8 Å². The number of nitrogens with zero attached hydrogens (tertiary/aromatic N) is 2. The van der Waals surface area contributed by atoms with Gasteiger partial charge in [0.05, 0.1) is 6.20 Å². The molecule has 19 heavy (non-hydrogen) atoms. The zero-order valence-electron chi connectivity index (χ0n) is 9.91. The maximum absolute atomic E-state index is 12.1. The molecule has 0 atom stereocenters. The summed E-state index contributed by atoms with van der Waals surface area (Å²) in [5.74, 6) is -0.382. The summed E-state index contributed by atoms with van der Waals surface area (Å²) in [6.45, 7) is 0. The van der Waals surface area contributed by atoms with E-state index in [2.05, 4.69) is 9.72 Å². The van der Waals surface area contributed by atoms with Crippen molar-refractivity contribution in [2.75, 3.05) is 0 Å². The Balaban J connectivity index is 2.18. The van der Waals surface area contributed by atoms with Crippen LogP contribution < -0.4 is 4.74 Å². The lowest BCUT2D eigenvalue weighted by atomic mass is 10.3. The molecule has 0 aliphatic heterocycles. The van der Waals surface area contributed by atoms with E-state index in [0.29, 0.717) is 10.1 Å². The van der Waals surface area contributed by atoms with Crippen LogP contribution >= 0.6 is 11.8 Å². The molecule has 102 valence electrons. The van der Waals surface area contributed by atoms with Gasteiger partial charge in [0, 0.05) is 10.1 Å². The number of aromatic nitrogens is 1. The van der Waals surface area contributed by atoms with Crippen LogP contribution in [0, 0.1) is 11.3 Å². The van der Waals surface area contributed by atoms with Gasteiger partial charge in [-0.05, 0) is 18.9 Å². The lowest BCUT2D eigenvalue weighted by molar-refractivity contribution is -0.274. The largest absolute Gasteiger partial charge is 0.573 e. The van der Waals surface area contributed by atoms with E-state index < -0.39 is 6.36 Å². The predicted molar refractivity (Wildman–Crippen MR) is 63.7 cm³/mol. The van der Waals surface area contributed by atoms with E-state index in [9.17, 15) is 13.2 Å². The van der Waals surface area contributed by atoms with Gasteiger partial charge in [0.2, 0.25) is 0 Å². The molecule has 0 amide bonds. The molecule has 1 aliphatic carbocycles. The number of hydrogen-bond acceptors (Lipinski definition) is 4. The molecule has 1 saturated carbocycles. The Kier molecular flexibility index (Phi) is 4.20. The second-order valence-electron chi connectivity index (χ2n) is 4.20. The van der Waals surface area contributed by atoms with Crippen molar-refractivity contribution >= 4 is 11.8 Å². The smallest absolute Gasteiger partial charge is 0.404 e. The Labute approximate surface area is 112 Å². The normalized spacial score (nSPS) is 16.3. The summed E-state index contributed by atoms with van der Waals surface area (Å²) in [5.41, 5.74) is 0.145. The average molecular weight is 288 g/mol. The molecule has 1 aromatic rings. The van der Waals surface area contributed by atoms with Gasteiger partial charge in [-0.2, -0.15) is 5.26 Å². The van der Waals surface area contributed by atoms with Gasteiger partial charge < -0.3 is 4.74 Å². The van der Waals surface area contributed by atoms with Crippen LogP contribution in [0.2, 0.25) is 0 Å². The van der Waals surface area contributed by atoms with Gasteiger partial charge in [-0.15, -0.1) is 24.9 Å². The zero-order valence-corrected chi connectivity index (χ0v) is 10.7. The molecule has 7 heteroatoms. The molecule has 0 N–H and O–H groups in total. The first-order valence-electron chi connectivity index (χ1n) is 5.80. The SMILES string of the molecule is N#Cc1ncc(OC(F)(F)F)cc1SC1CCCC1.